The quantitative estimate of drug-likeness (QED) is 0.746. The van der Waals surface area contributed by atoms with Gasteiger partial charge in [0.25, 0.3) is 5.91 Å². The van der Waals surface area contributed by atoms with Gasteiger partial charge < -0.3 is 9.88 Å². The van der Waals surface area contributed by atoms with Gasteiger partial charge in [0.1, 0.15) is 5.65 Å². The summed E-state index contributed by atoms with van der Waals surface area (Å²) in [5.41, 5.74) is 1.99. The van der Waals surface area contributed by atoms with E-state index in [1.807, 2.05) is 0 Å². The van der Waals surface area contributed by atoms with Crippen LogP contribution >= 0.6 is 11.6 Å². The van der Waals surface area contributed by atoms with Gasteiger partial charge in [0, 0.05) is 19.2 Å². The number of rotatable bonds is 1. The fourth-order valence-electron chi connectivity index (χ4n) is 2.66. The van der Waals surface area contributed by atoms with Crippen molar-refractivity contribution in [2.24, 2.45) is 0 Å². The second-order valence-corrected chi connectivity index (χ2v) is 5.57. The maximum absolute atomic E-state index is 14.4. The fraction of sp³-hybridized carbons (Fsp3) is 0.214. The first kappa shape index (κ1) is 13.3. The molecule has 6 nitrogen and oxygen atoms in total. The molecule has 0 bridgehead atoms. The highest BCUT2D eigenvalue weighted by atomic mass is 35.5. The van der Waals surface area contributed by atoms with Crippen molar-refractivity contribution in [3.8, 4) is 0 Å². The SMILES string of the molecule is O=C(c1nc2ccc(Cl)cn2c1F)N1CCc2nc[nH]c2C1. The molecule has 3 aromatic heterocycles. The standard InChI is InChI=1S/C14H11ClFN5O/c15-8-1-2-11-19-12(13(16)21(11)5-8)14(22)20-4-3-9-10(6-20)18-7-17-9/h1-2,5,7H,3-4,6H2,(H,17,18). The van der Waals surface area contributed by atoms with E-state index >= 15 is 0 Å². The lowest BCUT2D eigenvalue weighted by Gasteiger charge is -2.25. The lowest BCUT2D eigenvalue weighted by Crippen LogP contribution is -2.36. The van der Waals surface area contributed by atoms with Crippen LogP contribution in [-0.2, 0) is 13.0 Å². The number of hydrogen-bond acceptors (Lipinski definition) is 3. The Balaban J connectivity index is 1.70. The lowest BCUT2D eigenvalue weighted by molar-refractivity contribution is 0.0721. The summed E-state index contributed by atoms with van der Waals surface area (Å²) in [7, 11) is 0. The van der Waals surface area contributed by atoms with Gasteiger partial charge in [-0.25, -0.2) is 9.97 Å². The highest BCUT2D eigenvalue weighted by molar-refractivity contribution is 6.30. The molecule has 22 heavy (non-hydrogen) atoms. The van der Waals surface area contributed by atoms with E-state index in [9.17, 15) is 9.18 Å². The predicted molar refractivity (Wildman–Crippen MR) is 77.2 cm³/mol. The molecule has 0 saturated heterocycles. The number of aromatic amines is 1. The third kappa shape index (κ3) is 1.97. The van der Waals surface area contributed by atoms with Gasteiger partial charge in [-0.2, -0.15) is 4.39 Å². The molecular weight excluding hydrogens is 309 g/mol. The van der Waals surface area contributed by atoms with Crippen LogP contribution in [0.2, 0.25) is 5.02 Å². The number of pyridine rings is 1. The first-order valence-electron chi connectivity index (χ1n) is 6.77. The van der Waals surface area contributed by atoms with E-state index in [4.69, 9.17) is 11.6 Å². The summed E-state index contributed by atoms with van der Waals surface area (Å²) in [6.45, 7) is 0.868. The van der Waals surface area contributed by atoms with Crippen LogP contribution in [0.3, 0.4) is 0 Å². The fourth-order valence-corrected chi connectivity index (χ4v) is 2.82. The third-order valence-corrected chi connectivity index (χ3v) is 4.01. The van der Waals surface area contributed by atoms with Crippen LogP contribution in [0.15, 0.2) is 24.7 Å². The van der Waals surface area contributed by atoms with Crippen molar-refractivity contribution in [1.29, 1.82) is 0 Å². The zero-order chi connectivity index (χ0) is 15.3. The number of carbonyl (C=O) groups excluding carboxylic acids is 1. The molecule has 0 spiro atoms. The van der Waals surface area contributed by atoms with Gasteiger partial charge in [0.15, 0.2) is 5.69 Å². The third-order valence-electron chi connectivity index (χ3n) is 3.79. The van der Waals surface area contributed by atoms with Gasteiger partial charge in [0.05, 0.1) is 29.3 Å². The monoisotopic (exact) mass is 319 g/mol. The van der Waals surface area contributed by atoms with Crippen LogP contribution in [0, 0.1) is 5.95 Å². The Morgan fingerprint density at radius 2 is 2.27 bits per heavy atom. The molecular formula is C14H11ClFN5O. The molecule has 0 unspecified atom stereocenters. The molecule has 8 heteroatoms. The number of halogens is 2. The Bertz CT molecular complexity index is 887. The van der Waals surface area contributed by atoms with Crippen molar-refractivity contribution in [2.75, 3.05) is 6.54 Å². The van der Waals surface area contributed by atoms with Gasteiger partial charge in [0.2, 0.25) is 5.95 Å². The minimum Gasteiger partial charge on any atom is -0.347 e. The van der Waals surface area contributed by atoms with Crippen molar-refractivity contribution in [1.82, 2.24) is 24.3 Å². The molecule has 0 fully saturated rings. The van der Waals surface area contributed by atoms with Crippen molar-refractivity contribution >= 4 is 23.2 Å². The van der Waals surface area contributed by atoms with Crippen molar-refractivity contribution in [2.45, 2.75) is 13.0 Å². The normalized spacial score (nSPS) is 14.4. The first-order valence-corrected chi connectivity index (χ1v) is 7.15. The average molecular weight is 320 g/mol. The van der Waals surface area contributed by atoms with Crippen LogP contribution in [0.4, 0.5) is 4.39 Å². The second-order valence-electron chi connectivity index (χ2n) is 5.13. The van der Waals surface area contributed by atoms with Gasteiger partial charge in [-0.1, -0.05) is 11.6 Å². The Morgan fingerprint density at radius 1 is 1.41 bits per heavy atom. The molecule has 1 N–H and O–H groups in total. The molecule has 1 aliphatic rings. The van der Waals surface area contributed by atoms with Gasteiger partial charge >= 0.3 is 0 Å². The zero-order valence-corrected chi connectivity index (χ0v) is 12.1. The molecule has 0 atom stereocenters. The summed E-state index contributed by atoms with van der Waals surface area (Å²) < 4.78 is 15.6. The molecule has 4 heterocycles. The van der Waals surface area contributed by atoms with E-state index in [0.717, 1.165) is 11.4 Å². The number of nitrogens with one attached hydrogen (secondary N) is 1. The molecule has 112 valence electrons. The van der Waals surface area contributed by atoms with Gasteiger partial charge in [-0.05, 0) is 12.1 Å². The maximum Gasteiger partial charge on any atom is 0.277 e. The maximum atomic E-state index is 14.4. The molecule has 1 amide bonds. The average Bonchev–Trinajstić information content (AvgIpc) is 3.11. The number of fused-ring (bicyclic) bond motifs is 2. The predicted octanol–water partition coefficient (Wildman–Crippen LogP) is 2.05. The number of hydrogen-bond donors (Lipinski definition) is 1. The number of H-pyrrole nitrogens is 1. The summed E-state index contributed by atoms with van der Waals surface area (Å²) >= 11 is 5.85. The van der Waals surface area contributed by atoms with Crippen LogP contribution < -0.4 is 0 Å². The Kier molecular flexibility index (Phi) is 2.90. The molecule has 0 aromatic carbocycles. The number of nitrogens with zero attached hydrogens (tertiary/aromatic N) is 4. The Labute approximate surface area is 129 Å². The van der Waals surface area contributed by atoms with Crippen molar-refractivity contribution in [3.05, 3.63) is 52.7 Å². The van der Waals surface area contributed by atoms with E-state index in [1.54, 1.807) is 23.4 Å². The minimum atomic E-state index is -0.696. The summed E-state index contributed by atoms with van der Waals surface area (Å²) in [6.07, 6.45) is 3.65. The summed E-state index contributed by atoms with van der Waals surface area (Å²) in [5.74, 6) is -1.13. The van der Waals surface area contributed by atoms with Gasteiger partial charge in [-0.3, -0.25) is 9.20 Å². The van der Waals surface area contributed by atoms with Crippen LogP contribution in [0.25, 0.3) is 5.65 Å². The zero-order valence-electron chi connectivity index (χ0n) is 11.4. The second kappa shape index (κ2) is 4.81. The molecule has 1 aliphatic heterocycles. The topological polar surface area (TPSA) is 66.3 Å². The summed E-state index contributed by atoms with van der Waals surface area (Å²) in [5, 5.41) is 0.378. The molecule has 4 rings (SSSR count). The Morgan fingerprint density at radius 3 is 3.14 bits per heavy atom. The number of aromatic nitrogens is 4. The first-order chi connectivity index (χ1) is 10.6. The van der Waals surface area contributed by atoms with E-state index in [1.165, 1.54) is 10.6 Å². The smallest absolute Gasteiger partial charge is 0.277 e. The van der Waals surface area contributed by atoms with E-state index in [0.29, 0.717) is 30.2 Å². The van der Waals surface area contributed by atoms with Crippen LogP contribution in [0.5, 0.6) is 0 Å². The van der Waals surface area contributed by atoms with E-state index < -0.39 is 11.9 Å². The number of amides is 1. The molecule has 0 aliphatic carbocycles. The van der Waals surface area contributed by atoms with E-state index in [2.05, 4.69) is 15.0 Å². The van der Waals surface area contributed by atoms with E-state index in [-0.39, 0.29) is 5.69 Å². The largest absolute Gasteiger partial charge is 0.347 e. The lowest BCUT2D eigenvalue weighted by atomic mass is 10.1. The minimum absolute atomic E-state index is 0.190. The van der Waals surface area contributed by atoms with Gasteiger partial charge in [-0.15, -0.1) is 0 Å². The highest BCUT2D eigenvalue weighted by Gasteiger charge is 2.28. The van der Waals surface area contributed by atoms with Crippen molar-refractivity contribution < 1.29 is 9.18 Å². The number of carbonyl (C=O) groups is 1. The van der Waals surface area contributed by atoms with Crippen LogP contribution in [-0.4, -0.2) is 36.7 Å². The summed E-state index contributed by atoms with van der Waals surface area (Å²) in [4.78, 5) is 25.4. The molecule has 3 aromatic rings. The van der Waals surface area contributed by atoms with Crippen LogP contribution in [0.1, 0.15) is 21.9 Å². The highest BCUT2D eigenvalue weighted by Crippen LogP contribution is 2.20. The Hall–Kier alpha value is -2.41. The molecule has 0 radical (unpaired) electrons. The number of imidazole rings is 2. The molecule has 0 saturated carbocycles. The summed E-state index contributed by atoms with van der Waals surface area (Å²) in [6, 6.07) is 3.18. The van der Waals surface area contributed by atoms with Crippen molar-refractivity contribution in [3.63, 3.8) is 0 Å².